The topological polar surface area (TPSA) is 101 Å². The van der Waals surface area contributed by atoms with Gasteiger partial charge in [-0.05, 0) is 42.7 Å². The number of carbonyl (C=O) groups is 1. The Morgan fingerprint density at radius 2 is 1.95 bits per heavy atom. The Bertz CT molecular complexity index is 727. The molecule has 2 aromatic rings. The highest BCUT2D eigenvalue weighted by Gasteiger charge is 2.18. The quantitative estimate of drug-likeness (QED) is 0.805. The van der Waals surface area contributed by atoms with E-state index < -0.39 is 21.7 Å². The SMILES string of the molecule is Cc1nnsc1C(=O)NNS(=O)(=O)c1ccc(F)cc1. The number of rotatable bonds is 4. The van der Waals surface area contributed by atoms with E-state index in [1.165, 1.54) is 0 Å². The molecule has 106 valence electrons. The highest BCUT2D eigenvalue weighted by Crippen LogP contribution is 2.10. The first-order valence-corrected chi connectivity index (χ1v) is 7.52. The molecule has 7 nitrogen and oxygen atoms in total. The van der Waals surface area contributed by atoms with Crippen LogP contribution in [0.15, 0.2) is 29.2 Å². The van der Waals surface area contributed by atoms with Gasteiger partial charge in [-0.15, -0.1) is 9.93 Å². The van der Waals surface area contributed by atoms with Crippen LogP contribution in [0.2, 0.25) is 0 Å². The van der Waals surface area contributed by atoms with Crippen LogP contribution >= 0.6 is 11.5 Å². The van der Waals surface area contributed by atoms with E-state index in [-0.39, 0.29) is 9.77 Å². The number of sulfonamides is 1. The van der Waals surface area contributed by atoms with Crippen molar-refractivity contribution in [1.29, 1.82) is 0 Å². The fraction of sp³-hybridized carbons (Fsp3) is 0.100. The maximum atomic E-state index is 12.7. The number of benzene rings is 1. The first-order chi connectivity index (χ1) is 9.40. The second-order valence-electron chi connectivity index (χ2n) is 3.70. The van der Waals surface area contributed by atoms with Gasteiger partial charge in [0.2, 0.25) is 0 Å². The average Bonchev–Trinajstić information content (AvgIpc) is 2.83. The summed E-state index contributed by atoms with van der Waals surface area (Å²) in [5, 5.41) is 3.64. The summed E-state index contributed by atoms with van der Waals surface area (Å²) in [5.41, 5.74) is 2.44. The van der Waals surface area contributed by atoms with Crippen molar-refractivity contribution in [3.05, 3.63) is 40.7 Å². The van der Waals surface area contributed by atoms with E-state index in [1.54, 1.807) is 6.92 Å². The molecule has 1 aromatic carbocycles. The van der Waals surface area contributed by atoms with Crippen molar-refractivity contribution in [3.63, 3.8) is 0 Å². The van der Waals surface area contributed by atoms with Crippen LogP contribution in [-0.2, 0) is 10.0 Å². The Morgan fingerprint density at radius 1 is 1.30 bits per heavy atom. The van der Waals surface area contributed by atoms with Crippen LogP contribution < -0.4 is 10.3 Å². The largest absolute Gasteiger partial charge is 0.279 e. The van der Waals surface area contributed by atoms with Gasteiger partial charge in [-0.25, -0.2) is 12.8 Å². The van der Waals surface area contributed by atoms with Crippen LogP contribution in [0.1, 0.15) is 15.4 Å². The van der Waals surface area contributed by atoms with E-state index in [1.807, 2.05) is 10.3 Å². The number of hydrazine groups is 1. The summed E-state index contributed by atoms with van der Waals surface area (Å²) in [5.74, 6) is -1.22. The molecule has 2 N–H and O–H groups in total. The molecule has 1 heterocycles. The molecule has 0 aliphatic rings. The summed E-state index contributed by atoms with van der Waals surface area (Å²) in [7, 11) is -3.96. The third kappa shape index (κ3) is 3.15. The van der Waals surface area contributed by atoms with Crippen LogP contribution in [0.4, 0.5) is 4.39 Å². The summed E-state index contributed by atoms with van der Waals surface area (Å²) in [6.07, 6.45) is 0. The van der Waals surface area contributed by atoms with E-state index in [0.29, 0.717) is 5.69 Å². The molecule has 0 aliphatic carbocycles. The predicted octanol–water partition coefficient (Wildman–Crippen LogP) is 0.609. The zero-order chi connectivity index (χ0) is 14.8. The highest BCUT2D eigenvalue weighted by atomic mass is 32.2. The highest BCUT2D eigenvalue weighted by molar-refractivity contribution is 7.89. The van der Waals surface area contributed by atoms with Gasteiger partial charge in [0, 0.05) is 0 Å². The lowest BCUT2D eigenvalue weighted by atomic mass is 10.4. The smallest absolute Gasteiger partial charge is 0.273 e. The standard InChI is InChI=1S/C10H9FN4O3S2/c1-6-9(19-14-12-6)10(16)13-15-20(17,18)8-4-2-7(11)3-5-8/h2-5,15H,1H3,(H,13,16). The molecule has 1 amide bonds. The van der Waals surface area contributed by atoms with Gasteiger partial charge >= 0.3 is 0 Å². The van der Waals surface area contributed by atoms with Gasteiger partial charge in [0.25, 0.3) is 15.9 Å². The molecule has 10 heteroatoms. The van der Waals surface area contributed by atoms with E-state index >= 15 is 0 Å². The number of halogens is 1. The number of aromatic nitrogens is 2. The first kappa shape index (κ1) is 14.5. The average molecular weight is 316 g/mol. The fourth-order valence-electron chi connectivity index (χ4n) is 1.28. The second kappa shape index (κ2) is 5.61. The van der Waals surface area contributed by atoms with Gasteiger partial charge in [-0.3, -0.25) is 10.2 Å². The Kier molecular flexibility index (Phi) is 4.06. The van der Waals surface area contributed by atoms with Crippen LogP contribution in [0.5, 0.6) is 0 Å². The molecule has 20 heavy (non-hydrogen) atoms. The zero-order valence-corrected chi connectivity index (χ0v) is 11.8. The van der Waals surface area contributed by atoms with Crippen molar-refractivity contribution in [2.45, 2.75) is 11.8 Å². The lowest BCUT2D eigenvalue weighted by Crippen LogP contribution is -2.41. The molecular weight excluding hydrogens is 307 g/mol. The minimum absolute atomic E-state index is 0.168. The molecule has 0 fully saturated rings. The van der Waals surface area contributed by atoms with Gasteiger partial charge < -0.3 is 0 Å². The lowest BCUT2D eigenvalue weighted by Gasteiger charge is -2.07. The molecule has 1 aromatic heterocycles. The van der Waals surface area contributed by atoms with Gasteiger partial charge in [0.15, 0.2) is 0 Å². The van der Waals surface area contributed by atoms with Gasteiger partial charge in [0.05, 0.1) is 10.6 Å². The van der Waals surface area contributed by atoms with Crippen molar-refractivity contribution in [2.75, 3.05) is 0 Å². The minimum Gasteiger partial charge on any atom is -0.273 e. The molecule has 0 bridgehead atoms. The Morgan fingerprint density at radius 3 is 2.50 bits per heavy atom. The minimum atomic E-state index is -3.96. The molecule has 2 rings (SSSR count). The van der Waals surface area contributed by atoms with Gasteiger partial charge in [-0.2, -0.15) is 0 Å². The maximum absolute atomic E-state index is 12.7. The molecule has 0 saturated heterocycles. The number of nitrogens with zero attached hydrogens (tertiary/aromatic N) is 2. The molecule has 0 unspecified atom stereocenters. The third-order valence-corrected chi connectivity index (χ3v) is 4.37. The normalized spacial score (nSPS) is 11.3. The Balaban J connectivity index is 2.08. The van der Waals surface area contributed by atoms with Crippen LogP contribution in [-0.4, -0.2) is 23.9 Å². The lowest BCUT2D eigenvalue weighted by molar-refractivity contribution is 0.0948. The predicted molar refractivity (Wildman–Crippen MR) is 68.8 cm³/mol. The first-order valence-electron chi connectivity index (χ1n) is 5.27. The molecular formula is C10H9FN4O3S2. The summed E-state index contributed by atoms with van der Waals surface area (Å²) >= 11 is 0.848. The van der Waals surface area contributed by atoms with Gasteiger partial charge in [-0.1, -0.05) is 4.49 Å². The van der Waals surface area contributed by atoms with Crippen LogP contribution in [0.3, 0.4) is 0 Å². The maximum Gasteiger partial charge on any atom is 0.279 e. The summed E-state index contributed by atoms with van der Waals surface area (Å²) in [4.78, 5) is 13.6. The third-order valence-electron chi connectivity index (χ3n) is 2.28. The van der Waals surface area contributed by atoms with Crippen LogP contribution in [0, 0.1) is 12.7 Å². The number of carbonyl (C=O) groups excluding carboxylic acids is 1. The van der Waals surface area contributed by atoms with E-state index in [2.05, 4.69) is 9.59 Å². The number of amides is 1. The van der Waals surface area contributed by atoms with E-state index in [0.717, 1.165) is 35.8 Å². The van der Waals surface area contributed by atoms with Crippen molar-refractivity contribution < 1.29 is 17.6 Å². The molecule has 0 atom stereocenters. The molecule has 0 radical (unpaired) electrons. The van der Waals surface area contributed by atoms with Crippen molar-refractivity contribution in [3.8, 4) is 0 Å². The second-order valence-corrected chi connectivity index (χ2v) is 6.14. The Hall–Kier alpha value is -1.91. The number of hydrogen-bond acceptors (Lipinski definition) is 6. The summed E-state index contributed by atoms with van der Waals surface area (Å²) in [6, 6.07) is 4.19. The number of hydrogen-bond donors (Lipinski definition) is 2. The zero-order valence-electron chi connectivity index (χ0n) is 10.1. The molecule has 0 spiro atoms. The Labute approximate surface area is 118 Å². The van der Waals surface area contributed by atoms with Crippen molar-refractivity contribution >= 4 is 27.5 Å². The number of aryl methyl sites for hydroxylation is 1. The fourth-order valence-corrected chi connectivity index (χ4v) is 2.67. The van der Waals surface area contributed by atoms with E-state index in [9.17, 15) is 17.6 Å². The summed E-state index contributed by atoms with van der Waals surface area (Å²) < 4.78 is 39.9. The summed E-state index contributed by atoms with van der Waals surface area (Å²) in [6.45, 7) is 1.58. The monoisotopic (exact) mass is 316 g/mol. The van der Waals surface area contributed by atoms with Crippen molar-refractivity contribution in [1.82, 2.24) is 19.8 Å². The van der Waals surface area contributed by atoms with Crippen LogP contribution in [0.25, 0.3) is 0 Å². The molecule has 0 aliphatic heterocycles. The number of nitrogens with one attached hydrogen (secondary N) is 2. The van der Waals surface area contributed by atoms with E-state index in [4.69, 9.17) is 0 Å². The molecule has 0 saturated carbocycles. The van der Waals surface area contributed by atoms with Gasteiger partial charge in [0.1, 0.15) is 10.7 Å². The van der Waals surface area contributed by atoms with Crippen molar-refractivity contribution in [2.24, 2.45) is 0 Å².